The van der Waals surface area contributed by atoms with Crippen molar-refractivity contribution in [2.45, 2.75) is 19.4 Å². The molecule has 1 saturated heterocycles. The van der Waals surface area contributed by atoms with Gasteiger partial charge in [0, 0.05) is 45.5 Å². The molecule has 1 unspecified atom stereocenters. The van der Waals surface area contributed by atoms with E-state index in [1.54, 1.807) is 22.2 Å². The van der Waals surface area contributed by atoms with Crippen LogP contribution in [0.15, 0.2) is 12.4 Å². The SMILES string of the molecule is CNCC1CCCN(S(=O)(=O)N(C)Cc2cnn(C)c2)C1. The molecule has 1 atom stereocenters. The monoisotopic (exact) mass is 315 g/mol. The van der Waals surface area contributed by atoms with E-state index in [0.29, 0.717) is 25.6 Å². The minimum absolute atomic E-state index is 0.351. The molecule has 1 aromatic rings. The van der Waals surface area contributed by atoms with Gasteiger partial charge >= 0.3 is 0 Å². The van der Waals surface area contributed by atoms with Crippen molar-refractivity contribution < 1.29 is 8.42 Å². The van der Waals surface area contributed by atoms with Crippen LogP contribution in [0.25, 0.3) is 0 Å². The van der Waals surface area contributed by atoms with Gasteiger partial charge in [-0.2, -0.15) is 22.1 Å². The fourth-order valence-electron chi connectivity index (χ4n) is 2.78. The lowest BCUT2D eigenvalue weighted by molar-refractivity contribution is 0.248. The Labute approximate surface area is 127 Å². The third-order valence-electron chi connectivity index (χ3n) is 3.86. The van der Waals surface area contributed by atoms with E-state index in [9.17, 15) is 8.42 Å². The summed E-state index contributed by atoms with van der Waals surface area (Å²) in [7, 11) is 1.96. The van der Waals surface area contributed by atoms with Crippen molar-refractivity contribution in [3.05, 3.63) is 18.0 Å². The standard InChI is InChI=1S/C13H25N5O2S/c1-14-7-12-5-4-6-18(11-12)21(19,20)17(3)10-13-8-15-16(2)9-13/h8-9,12,14H,4-7,10-11H2,1-3H3. The van der Waals surface area contributed by atoms with Crippen molar-refractivity contribution in [2.75, 3.05) is 33.7 Å². The first-order valence-electron chi connectivity index (χ1n) is 7.27. The number of aromatic nitrogens is 2. The number of nitrogens with zero attached hydrogens (tertiary/aromatic N) is 4. The molecule has 0 bridgehead atoms. The Balaban J connectivity index is 2.02. The van der Waals surface area contributed by atoms with Gasteiger partial charge in [0.15, 0.2) is 0 Å². The van der Waals surface area contributed by atoms with Crippen LogP contribution in [-0.2, 0) is 23.8 Å². The van der Waals surface area contributed by atoms with E-state index in [2.05, 4.69) is 10.4 Å². The fourth-order valence-corrected chi connectivity index (χ4v) is 4.25. The highest BCUT2D eigenvalue weighted by Gasteiger charge is 2.31. The van der Waals surface area contributed by atoms with E-state index in [1.807, 2.05) is 20.3 Å². The van der Waals surface area contributed by atoms with E-state index in [1.165, 1.54) is 4.31 Å². The normalized spacial score (nSPS) is 21.0. The lowest BCUT2D eigenvalue weighted by Crippen LogP contribution is -2.47. The van der Waals surface area contributed by atoms with Crippen molar-refractivity contribution in [1.29, 1.82) is 0 Å². The number of hydrogen-bond donors (Lipinski definition) is 1. The lowest BCUT2D eigenvalue weighted by atomic mass is 10.00. The van der Waals surface area contributed by atoms with E-state index in [-0.39, 0.29) is 0 Å². The molecule has 1 aromatic heterocycles. The molecule has 0 aliphatic carbocycles. The quantitative estimate of drug-likeness (QED) is 0.804. The van der Waals surface area contributed by atoms with Crippen molar-refractivity contribution in [3.63, 3.8) is 0 Å². The molecule has 1 fully saturated rings. The van der Waals surface area contributed by atoms with Gasteiger partial charge in [0.05, 0.1) is 6.20 Å². The molecule has 1 aliphatic heterocycles. The van der Waals surface area contributed by atoms with Crippen molar-refractivity contribution in [3.8, 4) is 0 Å². The van der Waals surface area contributed by atoms with Crippen LogP contribution < -0.4 is 5.32 Å². The maximum atomic E-state index is 12.7. The smallest absolute Gasteiger partial charge is 0.282 e. The predicted molar refractivity (Wildman–Crippen MR) is 81.8 cm³/mol. The van der Waals surface area contributed by atoms with Crippen LogP contribution in [0, 0.1) is 5.92 Å². The van der Waals surface area contributed by atoms with Gasteiger partial charge in [-0.15, -0.1) is 0 Å². The van der Waals surface area contributed by atoms with Gasteiger partial charge in [-0.1, -0.05) is 0 Å². The topological polar surface area (TPSA) is 70.5 Å². The second-order valence-electron chi connectivity index (χ2n) is 5.71. The summed E-state index contributed by atoms with van der Waals surface area (Å²) in [6.45, 7) is 2.42. The summed E-state index contributed by atoms with van der Waals surface area (Å²) in [5.41, 5.74) is 0.896. The molecule has 2 heterocycles. The number of nitrogens with one attached hydrogen (secondary N) is 1. The number of rotatable bonds is 6. The van der Waals surface area contributed by atoms with Crippen molar-refractivity contribution in [2.24, 2.45) is 13.0 Å². The van der Waals surface area contributed by atoms with E-state index >= 15 is 0 Å². The maximum absolute atomic E-state index is 12.7. The number of piperidine rings is 1. The molecule has 2 rings (SSSR count). The Morgan fingerprint density at radius 1 is 1.52 bits per heavy atom. The van der Waals surface area contributed by atoms with Gasteiger partial charge in [0.2, 0.25) is 0 Å². The number of hydrogen-bond acceptors (Lipinski definition) is 4. The van der Waals surface area contributed by atoms with E-state index < -0.39 is 10.2 Å². The van der Waals surface area contributed by atoms with Gasteiger partial charge in [-0.3, -0.25) is 4.68 Å². The molecule has 0 spiro atoms. The third-order valence-corrected chi connectivity index (χ3v) is 5.76. The average Bonchev–Trinajstić information content (AvgIpc) is 2.85. The lowest BCUT2D eigenvalue weighted by Gasteiger charge is -2.34. The van der Waals surface area contributed by atoms with Gasteiger partial charge < -0.3 is 5.32 Å². The molecule has 0 aromatic carbocycles. The molecule has 21 heavy (non-hydrogen) atoms. The summed E-state index contributed by atoms with van der Waals surface area (Å²) >= 11 is 0. The Bertz CT molecular complexity index is 555. The molecular formula is C13H25N5O2S. The highest BCUT2D eigenvalue weighted by Crippen LogP contribution is 2.21. The van der Waals surface area contributed by atoms with Gasteiger partial charge in [0.25, 0.3) is 10.2 Å². The van der Waals surface area contributed by atoms with Gasteiger partial charge in [-0.05, 0) is 32.4 Å². The zero-order chi connectivity index (χ0) is 15.5. The largest absolute Gasteiger partial charge is 0.319 e. The van der Waals surface area contributed by atoms with Gasteiger partial charge in [0.1, 0.15) is 0 Å². The summed E-state index contributed by atoms with van der Waals surface area (Å²) in [6, 6.07) is 0. The molecule has 8 heteroatoms. The van der Waals surface area contributed by atoms with Crippen LogP contribution in [0.4, 0.5) is 0 Å². The highest BCUT2D eigenvalue weighted by molar-refractivity contribution is 7.86. The molecule has 0 radical (unpaired) electrons. The second-order valence-corrected chi connectivity index (χ2v) is 7.75. The Morgan fingerprint density at radius 3 is 2.90 bits per heavy atom. The van der Waals surface area contributed by atoms with Crippen LogP contribution in [0.1, 0.15) is 18.4 Å². The minimum Gasteiger partial charge on any atom is -0.319 e. The second kappa shape index (κ2) is 6.87. The first kappa shape index (κ1) is 16.4. The Kier molecular flexibility index (Phi) is 5.37. The van der Waals surface area contributed by atoms with Crippen LogP contribution in [0.5, 0.6) is 0 Å². The first-order valence-corrected chi connectivity index (χ1v) is 8.66. The van der Waals surface area contributed by atoms with Crippen LogP contribution in [-0.4, -0.2) is 60.5 Å². The maximum Gasteiger partial charge on any atom is 0.282 e. The molecule has 0 amide bonds. The summed E-state index contributed by atoms with van der Waals surface area (Å²) in [4.78, 5) is 0. The molecule has 0 saturated carbocycles. The van der Waals surface area contributed by atoms with Crippen LogP contribution in [0.2, 0.25) is 0 Å². The van der Waals surface area contributed by atoms with Crippen LogP contribution >= 0.6 is 0 Å². The molecule has 7 nitrogen and oxygen atoms in total. The van der Waals surface area contributed by atoms with Crippen molar-refractivity contribution >= 4 is 10.2 Å². The Hall–Kier alpha value is -0.960. The molecule has 1 N–H and O–H groups in total. The van der Waals surface area contributed by atoms with Crippen LogP contribution in [0.3, 0.4) is 0 Å². The fraction of sp³-hybridized carbons (Fsp3) is 0.769. The molecular weight excluding hydrogens is 290 g/mol. The molecule has 1 aliphatic rings. The van der Waals surface area contributed by atoms with E-state index in [4.69, 9.17) is 0 Å². The van der Waals surface area contributed by atoms with Crippen molar-refractivity contribution in [1.82, 2.24) is 23.7 Å². The van der Waals surface area contributed by atoms with E-state index in [0.717, 1.165) is 24.9 Å². The zero-order valence-electron chi connectivity index (χ0n) is 13.0. The first-order chi connectivity index (χ1) is 9.93. The summed E-state index contributed by atoms with van der Waals surface area (Å²) < 4.78 is 30.0. The summed E-state index contributed by atoms with van der Waals surface area (Å²) in [5.74, 6) is 0.394. The summed E-state index contributed by atoms with van der Waals surface area (Å²) in [6.07, 6.45) is 5.55. The molecule has 120 valence electrons. The van der Waals surface area contributed by atoms with Gasteiger partial charge in [-0.25, -0.2) is 0 Å². The average molecular weight is 315 g/mol. The number of aryl methyl sites for hydroxylation is 1. The Morgan fingerprint density at radius 2 is 2.29 bits per heavy atom. The zero-order valence-corrected chi connectivity index (χ0v) is 13.8. The highest BCUT2D eigenvalue weighted by atomic mass is 32.2. The third kappa shape index (κ3) is 4.03. The summed E-state index contributed by atoms with van der Waals surface area (Å²) in [5, 5.41) is 7.21. The predicted octanol–water partition coefficient (Wildman–Crippen LogP) is 0.0281. The minimum atomic E-state index is -3.40.